The van der Waals surface area contributed by atoms with Crippen molar-refractivity contribution < 1.29 is 9.53 Å². The first-order valence-corrected chi connectivity index (χ1v) is 9.90. The molecular weight excluding hydrogens is 378 g/mol. The minimum absolute atomic E-state index is 0.110. The molecule has 0 aliphatic carbocycles. The number of benzene rings is 1. The van der Waals surface area contributed by atoms with Crippen LogP contribution >= 0.6 is 11.8 Å². The molecule has 148 valence electrons. The fourth-order valence-corrected chi connectivity index (χ4v) is 3.31. The molecule has 0 saturated heterocycles. The Kier molecular flexibility index (Phi) is 5.73. The van der Waals surface area contributed by atoms with Crippen LogP contribution < -0.4 is 15.6 Å². The van der Waals surface area contributed by atoms with E-state index >= 15 is 0 Å². The first-order chi connectivity index (χ1) is 13.2. The molecule has 0 atom stereocenters. The lowest BCUT2D eigenvalue weighted by Gasteiger charge is -2.20. The zero-order valence-corrected chi connectivity index (χ0v) is 17.1. The Labute approximate surface area is 166 Å². The van der Waals surface area contributed by atoms with Gasteiger partial charge in [-0.3, -0.25) is 14.7 Å². The molecule has 0 aliphatic rings. The molecule has 0 aliphatic heterocycles. The van der Waals surface area contributed by atoms with Gasteiger partial charge >= 0.3 is 0 Å². The predicted molar refractivity (Wildman–Crippen MR) is 109 cm³/mol. The van der Waals surface area contributed by atoms with Gasteiger partial charge in [-0.05, 0) is 52.0 Å². The maximum atomic E-state index is 12.2. The number of thioether (sulfide) groups is 1. The van der Waals surface area contributed by atoms with Gasteiger partial charge in [-0.25, -0.2) is 14.5 Å². The Balaban J connectivity index is 1.91. The summed E-state index contributed by atoms with van der Waals surface area (Å²) in [7, 11) is 0. The number of carbonyl (C=O) groups is 1. The molecule has 8 nitrogen and oxygen atoms in total. The third-order valence-corrected chi connectivity index (χ3v) is 4.53. The fourth-order valence-electron chi connectivity index (χ4n) is 2.56. The molecule has 0 unspecified atom stereocenters. The van der Waals surface area contributed by atoms with Gasteiger partial charge in [-0.1, -0.05) is 11.8 Å². The number of amides is 1. The highest BCUT2D eigenvalue weighted by Gasteiger charge is 2.16. The average molecular weight is 401 g/mol. The highest BCUT2D eigenvalue weighted by molar-refractivity contribution is 7.99. The number of aromatic nitrogens is 4. The van der Waals surface area contributed by atoms with Crippen molar-refractivity contribution in [2.24, 2.45) is 0 Å². The molecule has 0 spiro atoms. The quantitative estimate of drug-likeness (QED) is 0.616. The summed E-state index contributed by atoms with van der Waals surface area (Å²) >= 11 is 1.24. The molecule has 2 heterocycles. The molecule has 1 aromatic carbocycles. The van der Waals surface area contributed by atoms with Gasteiger partial charge in [0.25, 0.3) is 5.56 Å². The molecule has 2 N–H and O–H groups in total. The monoisotopic (exact) mass is 401 g/mol. The first-order valence-electron chi connectivity index (χ1n) is 8.92. The van der Waals surface area contributed by atoms with Crippen LogP contribution in [0, 0.1) is 0 Å². The maximum Gasteiger partial charge on any atom is 0.266 e. The molecule has 0 fully saturated rings. The summed E-state index contributed by atoms with van der Waals surface area (Å²) in [4.78, 5) is 32.9. The van der Waals surface area contributed by atoms with Crippen molar-refractivity contribution in [3.8, 4) is 17.1 Å². The number of nitrogens with one attached hydrogen (secondary N) is 2. The maximum absolute atomic E-state index is 12.2. The number of hydrogen-bond donors (Lipinski definition) is 2. The third kappa shape index (κ3) is 4.92. The van der Waals surface area contributed by atoms with Gasteiger partial charge < -0.3 is 10.1 Å². The van der Waals surface area contributed by atoms with Crippen LogP contribution in [0.3, 0.4) is 0 Å². The molecule has 0 bridgehead atoms. The number of H-pyrrole nitrogens is 1. The van der Waals surface area contributed by atoms with Gasteiger partial charge in [0, 0.05) is 17.2 Å². The van der Waals surface area contributed by atoms with Gasteiger partial charge in [-0.15, -0.1) is 0 Å². The van der Waals surface area contributed by atoms with Crippen LogP contribution in [-0.2, 0) is 4.79 Å². The first kappa shape index (κ1) is 19.9. The summed E-state index contributed by atoms with van der Waals surface area (Å²) in [5.74, 6) is 1.30. The number of carbonyl (C=O) groups excluding carboxylic acids is 1. The van der Waals surface area contributed by atoms with Crippen molar-refractivity contribution in [3.63, 3.8) is 0 Å². The van der Waals surface area contributed by atoms with Crippen molar-refractivity contribution in [3.05, 3.63) is 40.7 Å². The Hall–Kier alpha value is -2.81. The van der Waals surface area contributed by atoms with Gasteiger partial charge in [0.15, 0.2) is 16.6 Å². The highest BCUT2D eigenvalue weighted by Crippen LogP contribution is 2.23. The van der Waals surface area contributed by atoms with E-state index in [0.717, 1.165) is 11.3 Å². The topological polar surface area (TPSA) is 101 Å². The van der Waals surface area contributed by atoms with Crippen molar-refractivity contribution >= 4 is 23.3 Å². The summed E-state index contributed by atoms with van der Waals surface area (Å²) in [6.07, 6.45) is 0. The number of hydrogen-bond acceptors (Lipinski definition) is 6. The van der Waals surface area contributed by atoms with Gasteiger partial charge in [-0.2, -0.15) is 0 Å². The van der Waals surface area contributed by atoms with Crippen LogP contribution in [0.5, 0.6) is 5.75 Å². The summed E-state index contributed by atoms with van der Waals surface area (Å²) < 4.78 is 6.95. The second-order valence-corrected chi connectivity index (χ2v) is 8.13. The minimum atomic E-state index is -0.312. The van der Waals surface area contributed by atoms with E-state index in [1.54, 1.807) is 0 Å². The Morgan fingerprint density at radius 2 is 1.96 bits per heavy atom. The summed E-state index contributed by atoms with van der Waals surface area (Å²) in [6, 6.07) is 8.82. The van der Waals surface area contributed by atoms with Crippen molar-refractivity contribution in [2.75, 3.05) is 12.4 Å². The van der Waals surface area contributed by atoms with E-state index in [1.807, 2.05) is 52.0 Å². The molecular formula is C19H23N5O3S. The molecule has 9 heteroatoms. The number of ether oxygens (including phenoxy) is 1. The number of aromatic amines is 1. The largest absolute Gasteiger partial charge is 0.494 e. The molecule has 0 radical (unpaired) electrons. The van der Waals surface area contributed by atoms with Crippen LogP contribution in [0.25, 0.3) is 17.0 Å². The Bertz CT molecular complexity index is 1030. The van der Waals surface area contributed by atoms with Crippen LogP contribution in [0.15, 0.2) is 40.3 Å². The van der Waals surface area contributed by atoms with E-state index in [2.05, 4.69) is 20.4 Å². The van der Waals surface area contributed by atoms with Gasteiger partial charge in [0.1, 0.15) is 5.75 Å². The summed E-state index contributed by atoms with van der Waals surface area (Å²) in [6.45, 7) is 8.28. The molecule has 0 saturated carbocycles. The molecule has 3 rings (SSSR count). The fraction of sp³-hybridized carbons (Fsp3) is 0.368. The normalized spacial score (nSPS) is 11.6. The van der Waals surface area contributed by atoms with Gasteiger partial charge in [0.2, 0.25) is 5.91 Å². The van der Waals surface area contributed by atoms with Gasteiger partial charge in [0.05, 0.1) is 12.4 Å². The van der Waals surface area contributed by atoms with Crippen molar-refractivity contribution in [1.82, 2.24) is 24.9 Å². The van der Waals surface area contributed by atoms with E-state index in [9.17, 15) is 9.59 Å². The SMILES string of the molecule is CCOc1ccc(-c2nc(SCC(=O)NC(C)(C)C)n3[nH]c(=O)cc3n2)cc1. The van der Waals surface area contributed by atoms with Crippen LogP contribution in [0.2, 0.25) is 0 Å². The number of rotatable bonds is 6. The molecule has 1 amide bonds. The number of fused-ring (bicyclic) bond motifs is 1. The lowest BCUT2D eigenvalue weighted by atomic mass is 10.1. The highest BCUT2D eigenvalue weighted by atomic mass is 32.2. The Morgan fingerprint density at radius 1 is 1.25 bits per heavy atom. The minimum Gasteiger partial charge on any atom is -0.494 e. The summed E-state index contributed by atoms with van der Waals surface area (Å²) in [5, 5.41) is 6.06. The van der Waals surface area contributed by atoms with Crippen LogP contribution in [0.1, 0.15) is 27.7 Å². The Morgan fingerprint density at radius 3 is 2.61 bits per heavy atom. The third-order valence-electron chi connectivity index (χ3n) is 3.59. The number of nitrogens with zero attached hydrogens (tertiary/aromatic N) is 3. The standard InChI is InChI=1S/C19H23N5O3S/c1-5-27-13-8-6-12(7-9-13)17-20-14-10-15(25)23-24(14)18(21-17)28-11-16(26)22-19(2,3)4/h6-10H,5,11H2,1-4H3,(H,22,26)(H,23,25). The van der Waals surface area contributed by atoms with E-state index in [-0.39, 0.29) is 22.8 Å². The molecule has 3 aromatic rings. The molecule has 28 heavy (non-hydrogen) atoms. The zero-order chi connectivity index (χ0) is 20.3. The van der Waals surface area contributed by atoms with Crippen molar-refractivity contribution in [1.29, 1.82) is 0 Å². The lowest BCUT2D eigenvalue weighted by molar-refractivity contribution is -0.119. The van der Waals surface area contributed by atoms with E-state index < -0.39 is 0 Å². The summed E-state index contributed by atoms with van der Waals surface area (Å²) in [5.41, 5.74) is 0.649. The zero-order valence-electron chi connectivity index (χ0n) is 16.3. The smallest absolute Gasteiger partial charge is 0.266 e. The van der Waals surface area contributed by atoms with E-state index in [1.165, 1.54) is 22.3 Å². The van der Waals surface area contributed by atoms with E-state index in [4.69, 9.17) is 4.74 Å². The van der Waals surface area contributed by atoms with Crippen LogP contribution in [0.4, 0.5) is 0 Å². The molecule has 2 aromatic heterocycles. The average Bonchev–Trinajstić information content (AvgIpc) is 2.99. The lowest BCUT2D eigenvalue weighted by Crippen LogP contribution is -2.41. The predicted octanol–water partition coefficient (Wildman–Crippen LogP) is 2.49. The van der Waals surface area contributed by atoms with Crippen molar-refractivity contribution in [2.45, 2.75) is 38.4 Å². The van der Waals surface area contributed by atoms with Crippen LogP contribution in [-0.4, -0.2) is 43.4 Å². The second kappa shape index (κ2) is 8.05. The van der Waals surface area contributed by atoms with E-state index in [0.29, 0.717) is 23.2 Å². The second-order valence-electron chi connectivity index (χ2n) is 7.19.